The van der Waals surface area contributed by atoms with Gasteiger partial charge >= 0.3 is 6.18 Å². The zero-order valence-electron chi connectivity index (χ0n) is 13.9. The predicted octanol–water partition coefficient (Wildman–Crippen LogP) is 6.04. The highest BCUT2D eigenvalue weighted by atomic mass is 35.5. The number of hydrazone groups is 1. The number of carbonyl (C=O) groups is 1. The summed E-state index contributed by atoms with van der Waals surface area (Å²) < 4.78 is 43.7. The lowest BCUT2D eigenvalue weighted by Crippen LogP contribution is -2.18. The molecule has 0 radical (unpaired) electrons. The Morgan fingerprint density at radius 1 is 1.04 bits per heavy atom. The summed E-state index contributed by atoms with van der Waals surface area (Å²) in [4.78, 5) is 12.0. The summed E-state index contributed by atoms with van der Waals surface area (Å²) in [5.74, 6) is 0.0493. The van der Waals surface area contributed by atoms with Gasteiger partial charge in [-0.15, -0.1) is 0 Å². The Balaban J connectivity index is 1.67. The minimum atomic E-state index is -4.53. The average molecular weight is 427 g/mol. The van der Waals surface area contributed by atoms with Crippen LogP contribution in [-0.2, 0) is 6.18 Å². The molecular formula is C19H11Cl2F3N2O2. The van der Waals surface area contributed by atoms with Crippen molar-refractivity contribution < 1.29 is 22.4 Å². The van der Waals surface area contributed by atoms with Crippen LogP contribution in [0, 0.1) is 0 Å². The van der Waals surface area contributed by atoms with Gasteiger partial charge < -0.3 is 4.42 Å². The summed E-state index contributed by atoms with van der Waals surface area (Å²) in [6.45, 7) is 0. The topological polar surface area (TPSA) is 54.6 Å². The van der Waals surface area contributed by atoms with Crippen molar-refractivity contribution >= 4 is 35.3 Å². The molecule has 1 heterocycles. The second-order valence-electron chi connectivity index (χ2n) is 5.61. The van der Waals surface area contributed by atoms with E-state index in [0.717, 1.165) is 18.2 Å². The number of hydrogen-bond donors (Lipinski definition) is 1. The summed E-state index contributed by atoms with van der Waals surface area (Å²) in [6.07, 6.45) is -3.30. The Hall–Kier alpha value is -2.77. The lowest BCUT2D eigenvalue weighted by atomic mass is 10.1. The van der Waals surface area contributed by atoms with Crippen LogP contribution in [0.5, 0.6) is 0 Å². The van der Waals surface area contributed by atoms with E-state index in [9.17, 15) is 18.0 Å². The van der Waals surface area contributed by atoms with Crippen LogP contribution >= 0.6 is 23.2 Å². The van der Waals surface area contributed by atoms with E-state index in [1.165, 1.54) is 12.3 Å². The van der Waals surface area contributed by atoms with Gasteiger partial charge in [0.25, 0.3) is 5.91 Å². The first kappa shape index (κ1) is 20.0. The van der Waals surface area contributed by atoms with Gasteiger partial charge in [-0.25, -0.2) is 5.43 Å². The molecule has 0 saturated heterocycles. The lowest BCUT2D eigenvalue weighted by Gasteiger charge is -2.07. The zero-order valence-corrected chi connectivity index (χ0v) is 15.4. The Morgan fingerprint density at radius 2 is 1.82 bits per heavy atom. The minimum Gasteiger partial charge on any atom is -0.455 e. The maximum atomic E-state index is 12.7. The predicted molar refractivity (Wildman–Crippen MR) is 101 cm³/mol. The van der Waals surface area contributed by atoms with Crippen molar-refractivity contribution in [2.75, 3.05) is 0 Å². The van der Waals surface area contributed by atoms with Gasteiger partial charge in [-0.1, -0.05) is 29.3 Å². The van der Waals surface area contributed by atoms with E-state index in [-0.39, 0.29) is 5.56 Å². The summed E-state index contributed by atoms with van der Waals surface area (Å²) in [5, 5.41) is 4.49. The molecule has 4 nitrogen and oxygen atoms in total. The number of hydrogen-bond acceptors (Lipinski definition) is 3. The number of carbonyl (C=O) groups excluding carboxylic acids is 1. The van der Waals surface area contributed by atoms with E-state index in [1.54, 1.807) is 30.3 Å². The molecule has 0 unspecified atom stereocenters. The van der Waals surface area contributed by atoms with Crippen molar-refractivity contribution in [2.45, 2.75) is 6.18 Å². The molecule has 9 heteroatoms. The van der Waals surface area contributed by atoms with Gasteiger partial charge in [0.05, 0.1) is 21.8 Å². The maximum Gasteiger partial charge on any atom is 0.416 e. The van der Waals surface area contributed by atoms with Crippen molar-refractivity contribution in [3.8, 4) is 11.3 Å². The number of rotatable bonds is 4. The van der Waals surface area contributed by atoms with Crippen LogP contribution in [0.15, 0.2) is 64.1 Å². The van der Waals surface area contributed by atoms with Gasteiger partial charge in [0, 0.05) is 11.1 Å². The van der Waals surface area contributed by atoms with E-state index in [0.29, 0.717) is 27.1 Å². The summed E-state index contributed by atoms with van der Waals surface area (Å²) in [7, 11) is 0. The number of nitrogens with zero attached hydrogens (tertiary/aromatic N) is 1. The van der Waals surface area contributed by atoms with Crippen molar-refractivity contribution in [2.24, 2.45) is 5.10 Å². The SMILES string of the molecule is O=C(N/N=C/c1ccc(-c2ccc(Cl)c(Cl)c2)o1)c1cccc(C(F)(F)F)c1. The van der Waals surface area contributed by atoms with E-state index < -0.39 is 17.6 Å². The second kappa shape index (κ2) is 8.08. The van der Waals surface area contributed by atoms with E-state index in [2.05, 4.69) is 10.5 Å². The number of benzene rings is 2. The van der Waals surface area contributed by atoms with Crippen LogP contribution in [0.25, 0.3) is 11.3 Å². The van der Waals surface area contributed by atoms with E-state index in [4.69, 9.17) is 27.6 Å². The lowest BCUT2D eigenvalue weighted by molar-refractivity contribution is -0.137. The van der Waals surface area contributed by atoms with Gasteiger partial charge in [-0.05, 0) is 48.5 Å². The van der Waals surface area contributed by atoms with Gasteiger partial charge in [-0.3, -0.25) is 4.79 Å². The van der Waals surface area contributed by atoms with Crippen LogP contribution in [0.1, 0.15) is 21.7 Å². The molecule has 0 saturated carbocycles. The molecule has 0 bridgehead atoms. The van der Waals surface area contributed by atoms with Crippen molar-refractivity contribution in [3.63, 3.8) is 0 Å². The molecule has 3 aromatic rings. The maximum absolute atomic E-state index is 12.7. The molecule has 0 fully saturated rings. The summed E-state index contributed by atoms with van der Waals surface area (Å²) in [5.41, 5.74) is 1.77. The fourth-order valence-corrected chi connectivity index (χ4v) is 2.58. The Bertz CT molecular complexity index is 1050. The Labute approximate surface area is 167 Å². The summed E-state index contributed by atoms with van der Waals surface area (Å²) in [6, 6.07) is 12.3. The minimum absolute atomic E-state index is 0.164. The first-order valence-corrected chi connectivity index (χ1v) is 8.55. The number of amides is 1. The van der Waals surface area contributed by atoms with Gasteiger partial charge in [0.2, 0.25) is 0 Å². The van der Waals surface area contributed by atoms with Gasteiger partial charge in [0.15, 0.2) is 0 Å². The first-order valence-electron chi connectivity index (χ1n) is 7.80. The Morgan fingerprint density at radius 3 is 2.54 bits per heavy atom. The van der Waals surface area contributed by atoms with Crippen molar-refractivity contribution in [1.82, 2.24) is 5.43 Å². The molecule has 0 aliphatic rings. The molecule has 0 aliphatic carbocycles. The number of alkyl halides is 3. The third kappa shape index (κ3) is 4.74. The average Bonchev–Trinajstić information content (AvgIpc) is 3.12. The van der Waals surface area contributed by atoms with Crippen molar-refractivity contribution in [1.29, 1.82) is 0 Å². The van der Waals surface area contributed by atoms with Crippen LogP contribution in [-0.4, -0.2) is 12.1 Å². The molecule has 0 aliphatic heterocycles. The number of furan rings is 1. The fraction of sp³-hybridized carbons (Fsp3) is 0.0526. The number of nitrogens with one attached hydrogen (secondary N) is 1. The molecule has 1 aromatic heterocycles. The highest BCUT2D eigenvalue weighted by molar-refractivity contribution is 6.42. The van der Waals surface area contributed by atoms with Crippen LogP contribution < -0.4 is 5.43 Å². The highest BCUT2D eigenvalue weighted by Gasteiger charge is 2.30. The monoisotopic (exact) mass is 426 g/mol. The van der Waals surface area contributed by atoms with Crippen LogP contribution in [0.2, 0.25) is 10.0 Å². The number of halogens is 5. The molecule has 0 spiro atoms. The highest BCUT2D eigenvalue weighted by Crippen LogP contribution is 2.30. The second-order valence-corrected chi connectivity index (χ2v) is 6.42. The zero-order chi connectivity index (χ0) is 20.3. The van der Waals surface area contributed by atoms with E-state index in [1.807, 2.05) is 0 Å². The van der Waals surface area contributed by atoms with Crippen molar-refractivity contribution in [3.05, 3.63) is 81.5 Å². The molecule has 28 heavy (non-hydrogen) atoms. The molecule has 1 amide bonds. The van der Waals surface area contributed by atoms with Gasteiger partial charge in [-0.2, -0.15) is 18.3 Å². The summed E-state index contributed by atoms with van der Waals surface area (Å²) >= 11 is 11.8. The molecule has 1 N–H and O–H groups in total. The fourth-order valence-electron chi connectivity index (χ4n) is 2.28. The largest absolute Gasteiger partial charge is 0.455 e. The molecule has 2 aromatic carbocycles. The smallest absolute Gasteiger partial charge is 0.416 e. The van der Waals surface area contributed by atoms with Gasteiger partial charge in [0.1, 0.15) is 11.5 Å². The first-order chi connectivity index (χ1) is 13.2. The van der Waals surface area contributed by atoms with Crippen LogP contribution in [0.3, 0.4) is 0 Å². The quantitative estimate of drug-likeness (QED) is 0.408. The molecule has 3 rings (SSSR count). The third-order valence-corrected chi connectivity index (χ3v) is 4.38. The third-order valence-electron chi connectivity index (χ3n) is 3.64. The molecular weight excluding hydrogens is 416 g/mol. The molecule has 0 atom stereocenters. The van der Waals surface area contributed by atoms with Crippen LogP contribution in [0.4, 0.5) is 13.2 Å². The Kier molecular flexibility index (Phi) is 5.76. The van der Waals surface area contributed by atoms with E-state index >= 15 is 0 Å². The normalized spacial score (nSPS) is 11.8. The molecule has 144 valence electrons. The standard InChI is InChI=1S/C19H11Cl2F3N2O2/c20-15-6-4-11(9-16(15)21)17-7-5-14(28-17)10-25-26-18(27)12-2-1-3-13(8-12)19(22,23)24/h1-10H,(H,26,27)/b25-10+.